The van der Waals surface area contributed by atoms with Gasteiger partial charge in [-0.05, 0) is 42.5 Å². The molecular formula is C21H17N3O5. The lowest BCUT2D eigenvalue weighted by atomic mass is 10.0. The average molecular weight is 391 g/mol. The Morgan fingerprint density at radius 1 is 1.10 bits per heavy atom. The van der Waals surface area contributed by atoms with Crippen LogP contribution in [0.15, 0.2) is 66.7 Å². The summed E-state index contributed by atoms with van der Waals surface area (Å²) in [7, 11) is 1.55. The largest absolute Gasteiger partial charge is 0.502 e. The summed E-state index contributed by atoms with van der Waals surface area (Å²) in [6, 6.07) is 18.1. The van der Waals surface area contributed by atoms with E-state index < -0.39 is 22.5 Å². The van der Waals surface area contributed by atoms with Gasteiger partial charge in [-0.2, -0.15) is 0 Å². The molecule has 0 saturated carbocycles. The number of ether oxygens (including phenoxy) is 1. The smallest absolute Gasteiger partial charge is 0.311 e. The minimum Gasteiger partial charge on any atom is -0.502 e. The molecule has 0 fully saturated rings. The van der Waals surface area contributed by atoms with Gasteiger partial charge in [0.05, 0.1) is 17.6 Å². The van der Waals surface area contributed by atoms with Crippen LogP contribution in [-0.4, -0.2) is 23.0 Å². The third kappa shape index (κ3) is 3.20. The number of carbonyl (C=O) groups is 1. The monoisotopic (exact) mass is 391 g/mol. The molecule has 1 aliphatic heterocycles. The number of aromatic hydroxyl groups is 1. The maximum absolute atomic E-state index is 13.3. The molecule has 1 aliphatic rings. The molecule has 146 valence electrons. The fraction of sp³-hybridized carbons (Fsp3) is 0.0952. The Hall–Kier alpha value is -4.07. The van der Waals surface area contributed by atoms with E-state index >= 15 is 0 Å². The Bertz CT molecular complexity index is 1100. The molecule has 1 heterocycles. The molecule has 8 heteroatoms. The topological polar surface area (TPSA) is 105 Å². The molecule has 0 aromatic heterocycles. The SMILES string of the molecule is COc1ccc(N2C(=O)c3ccccc3NC2c2ccc(O)c([N+](=O)[O-])c2)cc1. The van der Waals surface area contributed by atoms with E-state index in [1.54, 1.807) is 61.7 Å². The number of amides is 1. The molecule has 1 atom stereocenters. The molecule has 3 aromatic carbocycles. The number of anilines is 2. The number of nitrogens with zero attached hydrogens (tertiary/aromatic N) is 2. The fourth-order valence-corrected chi connectivity index (χ4v) is 3.35. The number of phenols is 1. The van der Waals surface area contributed by atoms with Crippen LogP contribution in [0.3, 0.4) is 0 Å². The molecule has 0 saturated heterocycles. The number of benzene rings is 3. The van der Waals surface area contributed by atoms with Gasteiger partial charge in [-0.25, -0.2) is 0 Å². The summed E-state index contributed by atoms with van der Waals surface area (Å²) >= 11 is 0. The molecule has 0 bridgehead atoms. The van der Waals surface area contributed by atoms with E-state index in [9.17, 15) is 20.0 Å². The number of hydrogen-bond donors (Lipinski definition) is 2. The van der Waals surface area contributed by atoms with Gasteiger partial charge in [-0.1, -0.05) is 18.2 Å². The Balaban J connectivity index is 1.86. The van der Waals surface area contributed by atoms with Crippen molar-refractivity contribution in [2.75, 3.05) is 17.3 Å². The molecule has 0 radical (unpaired) electrons. The van der Waals surface area contributed by atoms with Crippen LogP contribution in [0.25, 0.3) is 0 Å². The van der Waals surface area contributed by atoms with Crippen molar-refractivity contribution < 1.29 is 19.6 Å². The lowest BCUT2D eigenvalue weighted by molar-refractivity contribution is -0.385. The van der Waals surface area contributed by atoms with Crippen molar-refractivity contribution in [3.05, 3.63) is 88.0 Å². The van der Waals surface area contributed by atoms with Crippen LogP contribution < -0.4 is 15.0 Å². The number of hydrogen-bond acceptors (Lipinski definition) is 6. The highest BCUT2D eigenvalue weighted by Gasteiger charge is 2.35. The summed E-state index contributed by atoms with van der Waals surface area (Å²) in [5.74, 6) is -0.0362. The van der Waals surface area contributed by atoms with E-state index in [1.807, 2.05) is 0 Å². The molecule has 4 rings (SSSR count). The van der Waals surface area contributed by atoms with Gasteiger partial charge >= 0.3 is 5.69 Å². The number of nitro benzene ring substituents is 1. The second-order valence-electron chi connectivity index (χ2n) is 6.47. The number of para-hydroxylation sites is 1. The Kier molecular flexibility index (Phi) is 4.52. The van der Waals surface area contributed by atoms with Crippen LogP contribution in [0.4, 0.5) is 17.1 Å². The predicted octanol–water partition coefficient (Wildman–Crippen LogP) is 4.08. The number of nitro groups is 1. The van der Waals surface area contributed by atoms with Crippen LogP contribution in [-0.2, 0) is 0 Å². The first-order chi connectivity index (χ1) is 14.0. The third-order valence-electron chi connectivity index (χ3n) is 4.79. The van der Waals surface area contributed by atoms with Gasteiger partial charge in [0, 0.05) is 23.0 Å². The van der Waals surface area contributed by atoms with Crippen molar-refractivity contribution in [2.24, 2.45) is 0 Å². The first-order valence-electron chi connectivity index (χ1n) is 8.80. The van der Waals surface area contributed by atoms with Crippen molar-refractivity contribution in [3.63, 3.8) is 0 Å². The van der Waals surface area contributed by atoms with Crippen LogP contribution >= 0.6 is 0 Å². The summed E-state index contributed by atoms with van der Waals surface area (Å²) in [4.78, 5) is 25.5. The molecule has 0 aliphatic carbocycles. The number of phenolic OH excluding ortho intramolecular Hbond substituents is 1. The minimum absolute atomic E-state index is 0.245. The van der Waals surface area contributed by atoms with Crippen molar-refractivity contribution in [3.8, 4) is 11.5 Å². The van der Waals surface area contributed by atoms with E-state index in [4.69, 9.17) is 4.74 Å². The second-order valence-corrected chi connectivity index (χ2v) is 6.47. The quantitative estimate of drug-likeness (QED) is 0.513. The maximum atomic E-state index is 13.3. The standard InChI is InChI=1S/C21H17N3O5/c1-29-15-9-7-14(8-10-15)23-20(13-6-11-19(25)18(12-13)24(27)28)22-17-5-3-2-4-16(17)21(23)26/h2-12,20,22,25H,1H3. The molecular weight excluding hydrogens is 374 g/mol. The summed E-state index contributed by atoms with van der Waals surface area (Å²) in [6.45, 7) is 0. The van der Waals surface area contributed by atoms with Crippen molar-refractivity contribution in [1.82, 2.24) is 0 Å². The number of carbonyl (C=O) groups excluding carboxylic acids is 1. The van der Waals surface area contributed by atoms with Gasteiger partial charge in [-0.3, -0.25) is 19.8 Å². The number of rotatable bonds is 4. The summed E-state index contributed by atoms with van der Waals surface area (Å²) in [5.41, 5.74) is 1.76. The van der Waals surface area contributed by atoms with E-state index in [1.165, 1.54) is 17.0 Å². The van der Waals surface area contributed by atoms with Gasteiger partial charge in [0.15, 0.2) is 5.75 Å². The maximum Gasteiger partial charge on any atom is 0.311 e. The highest BCUT2D eigenvalue weighted by Crippen LogP contribution is 2.39. The highest BCUT2D eigenvalue weighted by molar-refractivity contribution is 6.12. The van der Waals surface area contributed by atoms with Gasteiger partial charge in [0.2, 0.25) is 0 Å². The lowest BCUT2D eigenvalue weighted by Gasteiger charge is -2.38. The third-order valence-corrected chi connectivity index (χ3v) is 4.79. The predicted molar refractivity (Wildman–Crippen MR) is 107 cm³/mol. The zero-order chi connectivity index (χ0) is 20.5. The molecule has 2 N–H and O–H groups in total. The Labute approximate surface area is 166 Å². The van der Waals surface area contributed by atoms with Gasteiger partial charge < -0.3 is 15.2 Å². The fourth-order valence-electron chi connectivity index (χ4n) is 3.35. The van der Waals surface area contributed by atoms with E-state index in [0.29, 0.717) is 28.3 Å². The summed E-state index contributed by atoms with van der Waals surface area (Å²) in [5, 5.41) is 24.3. The Morgan fingerprint density at radius 2 is 1.83 bits per heavy atom. The molecule has 0 spiro atoms. The minimum atomic E-state index is -0.704. The lowest BCUT2D eigenvalue weighted by Crippen LogP contribution is -2.43. The van der Waals surface area contributed by atoms with Crippen LogP contribution in [0.2, 0.25) is 0 Å². The zero-order valence-electron chi connectivity index (χ0n) is 15.4. The van der Waals surface area contributed by atoms with Crippen molar-refractivity contribution in [1.29, 1.82) is 0 Å². The van der Waals surface area contributed by atoms with E-state index in [2.05, 4.69) is 5.32 Å². The summed E-state index contributed by atoms with van der Waals surface area (Å²) < 4.78 is 5.18. The molecule has 1 amide bonds. The highest BCUT2D eigenvalue weighted by atomic mass is 16.6. The van der Waals surface area contributed by atoms with E-state index in [-0.39, 0.29) is 5.91 Å². The molecule has 1 unspecified atom stereocenters. The Morgan fingerprint density at radius 3 is 2.52 bits per heavy atom. The van der Waals surface area contributed by atoms with Gasteiger partial charge in [-0.15, -0.1) is 0 Å². The van der Waals surface area contributed by atoms with Crippen LogP contribution in [0, 0.1) is 10.1 Å². The normalized spacial score (nSPS) is 15.4. The van der Waals surface area contributed by atoms with Crippen molar-refractivity contribution in [2.45, 2.75) is 6.17 Å². The van der Waals surface area contributed by atoms with Gasteiger partial charge in [0.25, 0.3) is 5.91 Å². The first-order valence-corrected chi connectivity index (χ1v) is 8.80. The van der Waals surface area contributed by atoms with Crippen LogP contribution in [0.1, 0.15) is 22.1 Å². The molecule has 8 nitrogen and oxygen atoms in total. The number of fused-ring (bicyclic) bond motifs is 1. The number of methoxy groups -OCH3 is 1. The molecule has 3 aromatic rings. The van der Waals surface area contributed by atoms with Crippen molar-refractivity contribution >= 4 is 23.0 Å². The summed E-state index contributed by atoms with van der Waals surface area (Å²) in [6.07, 6.45) is -0.704. The van der Waals surface area contributed by atoms with E-state index in [0.717, 1.165) is 0 Å². The average Bonchev–Trinajstić information content (AvgIpc) is 2.74. The first kappa shape index (κ1) is 18.3. The van der Waals surface area contributed by atoms with Crippen LogP contribution in [0.5, 0.6) is 11.5 Å². The second kappa shape index (κ2) is 7.16. The van der Waals surface area contributed by atoms with Gasteiger partial charge in [0.1, 0.15) is 11.9 Å². The zero-order valence-corrected chi connectivity index (χ0v) is 15.4. The molecule has 29 heavy (non-hydrogen) atoms. The number of nitrogens with one attached hydrogen (secondary N) is 1.